The summed E-state index contributed by atoms with van der Waals surface area (Å²) in [5.74, 6) is -1.72. The SMILES string of the molecule is Cc1cccc(C2CC(=O)N(c3ccc(Cl)c(C(=O)O)c3)C3=C2C(=O)CC(c2ccccc2)C3)c1. The van der Waals surface area contributed by atoms with Gasteiger partial charge in [-0.3, -0.25) is 14.5 Å². The minimum absolute atomic E-state index is 0.0246. The van der Waals surface area contributed by atoms with Crippen molar-refractivity contribution in [2.45, 2.75) is 38.0 Å². The fourth-order valence-corrected chi connectivity index (χ4v) is 5.48. The van der Waals surface area contributed by atoms with Gasteiger partial charge < -0.3 is 5.11 Å². The summed E-state index contributed by atoms with van der Waals surface area (Å²) in [6, 6.07) is 22.3. The quantitative estimate of drug-likeness (QED) is 0.472. The van der Waals surface area contributed by atoms with Gasteiger partial charge in [-0.1, -0.05) is 71.8 Å². The molecule has 0 spiro atoms. The van der Waals surface area contributed by atoms with Crippen LogP contribution in [-0.2, 0) is 9.59 Å². The molecule has 0 saturated heterocycles. The minimum Gasteiger partial charge on any atom is -0.478 e. The first-order valence-corrected chi connectivity index (χ1v) is 11.9. The Morgan fingerprint density at radius 2 is 1.66 bits per heavy atom. The highest BCUT2D eigenvalue weighted by Crippen LogP contribution is 2.47. The number of anilines is 1. The van der Waals surface area contributed by atoms with Gasteiger partial charge in [0.2, 0.25) is 5.91 Å². The van der Waals surface area contributed by atoms with Crippen LogP contribution in [0.15, 0.2) is 84.1 Å². The van der Waals surface area contributed by atoms with Gasteiger partial charge in [0.25, 0.3) is 0 Å². The van der Waals surface area contributed by atoms with Crippen LogP contribution in [-0.4, -0.2) is 22.8 Å². The first-order valence-electron chi connectivity index (χ1n) is 11.6. The number of nitrogens with zero attached hydrogens (tertiary/aromatic N) is 1. The largest absolute Gasteiger partial charge is 0.478 e. The summed E-state index contributed by atoms with van der Waals surface area (Å²) < 4.78 is 0. The average Bonchev–Trinajstić information content (AvgIpc) is 2.84. The van der Waals surface area contributed by atoms with Gasteiger partial charge in [0, 0.05) is 35.7 Å². The summed E-state index contributed by atoms with van der Waals surface area (Å²) in [6.45, 7) is 1.99. The van der Waals surface area contributed by atoms with Gasteiger partial charge >= 0.3 is 5.97 Å². The molecule has 1 N–H and O–H groups in total. The molecule has 3 aromatic rings. The smallest absolute Gasteiger partial charge is 0.337 e. The number of aromatic carboxylic acids is 1. The third-order valence-corrected chi connectivity index (χ3v) is 7.21. The molecular weight excluding hydrogens is 462 g/mol. The zero-order valence-electron chi connectivity index (χ0n) is 19.2. The van der Waals surface area contributed by atoms with E-state index in [1.54, 1.807) is 6.07 Å². The molecular formula is C29H24ClNO4. The highest BCUT2D eigenvalue weighted by atomic mass is 35.5. The van der Waals surface area contributed by atoms with Crippen LogP contribution in [0, 0.1) is 6.92 Å². The van der Waals surface area contributed by atoms with E-state index in [4.69, 9.17) is 11.6 Å². The number of ketones is 1. The fraction of sp³-hybridized carbons (Fsp3) is 0.207. The molecule has 0 aromatic heterocycles. The normalized spacial score (nSPS) is 20.1. The lowest BCUT2D eigenvalue weighted by atomic mass is 9.72. The van der Waals surface area contributed by atoms with Crippen molar-refractivity contribution in [2.24, 2.45) is 0 Å². The van der Waals surface area contributed by atoms with Gasteiger partial charge in [-0.05, 0) is 48.6 Å². The number of allylic oxidation sites excluding steroid dienone is 2. The van der Waals surface area contributed by atoms with E-state index in [9.17, 15) is 19.5 Å². The van der Waals surface area contributed by atoms with Crippen molar-refractivity contribution in [3.05, 3.63) is 111 Å². The van der Waals surface area contributed by atoms with E-state index >= 15 is 0 Å². The highest BCUT2D eigenvalue weighted by molar-refractivity contribution is 6.33. The monoisotopic (exact) mass is 485 g/mol. The lowest BCUT2D eigenvalue weighted by Crippen LogP contribution is -2.42. The van der Waals surface area contributed by atoms with Crippen LogP contribution >= 0.6 is 11.6 Å². The number of Topliss-reactive ketones (excluding diaryl/α,β-unsaturated/α-hetero) is 1. The molecule has 6 heteroatoms. The molecule has 1 aliphatic carbocycles. The Morgan fingerprint density at radius 1 is 0.914 bits per heavy atom. The molecule has 0 fully saturated rings. The van der Waals surface area contributed by atoms with E-state index < -0.39 is 5.97 Å². The third-order valence-electron chi connectivity index (χ3n) is 6.88. The summed E-state index contributed by atoms with van der Waals surface area (Å²) in [5, 5.41) is 9.68. The Kier molecular flexibility index (Phi) is 6.03. The Morgan fingerprint density at radius 3 is 2.37 bits per heavy atom. The molecule has 35 heavy (non-hydrogen) atoms. The summed E-state index contributed by atoms with van der Waals surface area (Å²) >= 11 is 6.10. The number of carboxylic acid groups (broad SMARTS) is 1. The van der Waals surface area contributed by atoms with Gasteiger partial charge in [0.1, 0.15) is 0 Å². The minimum atomic E-state index is -1.17. The maximum Gasteiger partial charge on any atom is 0.337 e. The Labute approximate surface area is 208 Å². The van der Waals surface area contributed by atoms with E-state index in [0.29, 0.717) is 29.8 Å². The van der Waals surface area contributed by atoms with Crippen LogP contribution in [0.3, 0.4) is 0 Å². The number of amides is 1. The Hall–Kier alpha value is -3.70. The lowest BCUT2D eigenvalue weighted by Gasteiger charge is -2.40. The lowest BCUT2D eigenvalue weighted by molar-refractivity contribution is -0.120. The van der Waals surface area contributed by atoms with Crippen LogP contribution < -0.4 is 4.90 Å². The topological polar surface area (TPSA) is 74.7 Å². The second-order valence-electron chi connectivity index (χ2n) is 9.17. The Bertz CT molecular complexity index is 1380. The van der Waals surface area contributed by atoms with Crippen LogP contribution in [0.4, 0.5) is 5.69 Å². The number of hydrogen-bond donors (Lipinski definition) is 1. The number of benzene rings is 3. The first kappa shape index (κ1) is 23.1. The van der Waals surface area contributed by atoms with Gasteiger partial charge in [-0.25, -0.2) is 4.79 Å². The van der Waals surface area contributed by atoms with Crippen molar-refractivity contribution in [3.8, 4) is 0 Å². The number of carboxylic acids is 1. The van der Waals surface area contributed by atoms with Crippen molar-refractivity contribution in [3.63, 3.8) is 0 Å². The second kappa shape index (κ2) is 9.16. The van der Waals surface area contributed by atoms with Gasteiger partial charge in [-0.15, -0.1) is 0 Å². The number of halogens is 1. The van der Waals surface area contributed by atoms with Crippen molar-refractivity contribution in [2.75, 3.05) is 4.90 Å². The van der Waals surface area contributed by atoms with E-state index in [0.717, 1.165) is 16.7 Å². The number of aryl methyl sites for hydroxylation is 1. The fourth-order valence-electron chi connectivity index (χ4n) is 5.28. The first-order chi connectivity index (χ1) is 16.8. The summed E-state index contributed by atoms with van der Waals surface area (Å²) in [7, 11) is 0. The number of carbonyl (C=O) groups is 3. The molecule has 2 atom stereocenters. The molecule has 5 rings (SSSR count). The second-order valence-corrected chi connectivity index (χ2v) is 9.58. The van der Waals surface area contributed by atoms with Crippen molar-refractivity contribution in [1.29, 1.82) is 0 Å². The number of carbonyl (C=O) groups excluding carboxylic acids is 2. The van der Waals surface area contributed by atoms with Crippen LogP contribution in [0.25, 0.3) is 0 Å². The molecule has 3 aromatic carbocycles. The van der Waals surface area contributed by atoms with E-state index in [1.807, 2.05) is 61.5 Å². The molecule has 0 saturated carbocycles. The number of hydrogen-bond acceptors (Lipinski definition) is 3. The summed E-state index contributed by atoms with van der Waals surface area (Å²) in [5.41, 5.74) is 4.67. The van der Waals surface area contributed by atoms with Crippen LogP contribution in [0.1, 0.15) is 58.1 Å². The van der Waals surface area contributed by atoms with Gasteiger partial charge in [-0.2, -0.15) is 0 Å². The van der Waals surface area contributed by atoms with E-state index in [-0.39, 0.29) is 40.5 Å². The molecule has 176 valence electrons. The Balaban J connectivity index is 1.68. The van der Waals surface area contributed by atoms with Gasteiger partial charge in [0.15, 0.2) is 5.78 Å². The summed E-state index contributed by atoms with van der Waals surface area (Å²) in [4.78, 5) is 40.6. The molecule has 2 unspecified atom stereocenters. The number of rotatable bonds is 4. The molecule has 0 radical (unpaired) electrons. The molecule has 1 heterocycles. The van der Waals surface area contributed by atoms with Crippen LogP contribution in [0.5, 0.6) is 0 Å². The zero-order chi connectivity index (χ0) is 24.7. The third kappa shape index (κ3) is 4.28. The maximum absolute atomic E-state index is 13.7. The predicted octanol–water partition coefficient (Wildman–Crippen LogP) is 6.27. The molecule has 5 nitrogen and oxygen atoms in total. The van der Waals surface area contributed by atoms with E-state index in [2.05, 4.69) is 0 Å². The molecule has 2 aliphatic rings. The standard InChI is InChI=1S/C29H24ClNO4/c1-17-6-5-9-19(12-17)22-16-27(33)31(21-10-11-24(30)23(15-21)29(34)35)25-13-20(14-26(32)28(22)25)18-7-3-2-4-8-18/h2-12,15,20,22H,13-14,16H2,1H3,(H,34,35). The van der Waals surface area contributed by atoms with Crippen molar-refractivity contribution < 1.29 is 19.5 Å². The van der Waals surface area contributed by atoms with Crippen LogP contribution in [0.2, 0.25) is 5.02 Å². The molecule has 1 amide bonds. The van der Waals surface area contributed by atoms with Gasteiger partial charge in [0.05, 0.1) is 10.6 Å². The molecule has 1 aliphatic heterocycles. The molecule has 0 bridgehead atoms. The van der Waals surface area contributed by atoms with Crippen molar-refractivity contribution >= 4 is 34.9 Å². The van der Waals surface area contributed by atoms with Crippen molar-refractivity contribution in [1.82, 2.24) is 0 Å². The summed E-state index contributed by atoms with van der Waals surface area (Å²) in [6.07, 6.45) is 1.01. The zero-order valence-corrected chi connectivity index (χ0v) is 20.0. The van der Waals surface area contributed by atoms with E-state index in [1.165, 1.54) is 17.0 Å². The average molecular weight is 486 g/mol. The highest BCUT2D eigenvalue weighted by Gasteiger charge is 2.42. The predicted molar refractivity (Wildman–Crippen MR) is 135 cm³/mol. The maximum atomic E-state index is 13.7.